The van der Waals surface area contributed by atoms with Crippen LogP contribution in [-0.4, -0.2) is 24.0 Å². The number of carbonyl (C=O) groups is 1. The van der Waals surface area contributed by atoms with E-state index in [1.54, 1.807) is 24.4 Å². The van der Waals surface area contributed by atoms with Crippen LogP contribution in [0.3, 0.4) is 0 Å². The Bertz CT molecular complexity index is 1510. The van der Waals surface area contributed by atoms with Crippen LogP contribution < -0.4 is 15.5 Å². The first-order valence-electron chi connectivity index (χ1n) is 12.2. The molecule has 5 rings (SSSR count). The molecule has 200 valence electrons. The van der Waals surface area contributed by atoms with Crippen LogP contribution in [0.15, 0.2) is 79.0 Å². The third-order valence-corrected chi connectivity index (χ3v) is 7.10. The van der Waals surface area contributed by atoms with Crippen molar-refractivity contribution in [1.29, 1.82) is 0 Å². The number of carbonyl (C=O) groups excluding carboxylic acids is 1. The number of aromatic nitrogens is 1. The average molecular weight is 571 g/mol. The van der Waals surface area contributed by atoms with Crippen molar-refractivity contribution in [2.45, 2.75) is 19.3 Å². The smallest absolute Gasteiger partial charge is 0.367 e. The summed E-state index contributed by atoms with van der Waals surface area (Å²) in [5.41, 5.74) is 2.97. The zero-order chi connectivity index (χ0) is 27.6. The summed E-state index contributed by atoms with van der Waals surface area (Å²) in [6.07, 6.45) is -2.79. The van der Waals surface area contributed by atoms with Gasteiger partial charge in [-0.3, -0.25) is 4.79 Å². The van der Waals surface area contributed by atoms with E-state index in [9.17, 15) is 18.0 Å². The van der Waals surface area contributed by atoms with Gasteiger partial charge < -0.3 is 15.5 Å². The Morgan fingerprint density at radius 2 is 1.74 bits per heavy atom. The van der Waals surface area contributed by atoms with Gasteiger partial charge in [0.25, 0.3) is 5.91 Å². The summed E-state index contributed by atoms with van der Waals surface area (Å²) in [6.45, 7) is 1.37. The monoisotopic (exact) mass is 570 g/mol. The minimum atomic E-state index is -4.49. The van der Waals surface area contributed by atoms with Crippen LogP contribution in [0, 0.1) is 0 Å². The van der Waals surface area contributed by atoms with Crippen LogP contribution >= 0.6 is 23.2 Å². The molecule has 0 radical (unpaired) electrons. The van der Waals surface area contributed by atoms with Crippen molar-refractivity contribution in [1.82, 2.24) is 10.3 Å². The molecule has 1 amide bonds. The third kappa shape index (κ3) is 6.13. The molecule has 0 spiro atoms. The lowest BCUT2D eigenvalue weighted by Crippen LogP contribution is -2.34. The van der Waals surface area contributed by atoms with Crippen LogP contribution in [0.25, 0.3) is 11.1 Å². The first-order valence-corrected chi connectivity index (χ1v) is 12.9. The standard InChI is InChI=1S/C29H23Cl2F3N4O/c30-23-9-10-24(29(32,33)34)22(13-23)17-38-12-11-35-27-26(38)14-21(16-36-27)18-5-7-19(8-6-18)28(39)37-15-20-3-1-2-4-25(20)31/h1-10,13-14,16H,11-12,15,17H2,(H,35,36)(H,37,39). The van der Waals surface area contributed by atoms with E-state index in [1.165, 1.54) is 12.1 Å². The number of rotatable bonds is 6. The van der Waals surface area contributed by atoms with Crippen molar-refractivity contribution in [3.05, 3.63) is 111 Å². The van der Waals surface area contributed by atoms with E-state index in [1.807, 2.05) is 41.3 Å². The van der Waals surface area contributed by atoms with Gasteiger partial charge in [0.05, 0.1) is 11.3 Å². The Balaban J connectivity index is 1.35. The number of alkyl halides is 3. The Morgan fingerprint density at radius 1 is 0.974 bits per heavy atom. The normalized spacial score (nSPS) is 13.0. The van der Waals surface area contributed by atoms with Gasteiger partial charge in [-0.15, -0.1) is 0 Å². The van der Waals surface area contributed by atoms with Crippen molar-refractivity contribution in [3.63, 3.8) is 0 Å². The van der Waals surface area contributed by atoms with E-state index in [4.69, 9.17) is 23.2 Å². The molecule has 3 aromatic carbocycles. The molecule has 0 aliphatic carbocycles. The minimum absolute atomic E-state index is 0.0275. The fraction of sp³-hybridized carbons (Fsp3) is 0.172. The molecule has 10 heteroatoms. The van der Waals surface area contributed by atoms with Crippen LogP contribution in [0.5, 0.6) is 0 Å². The third-order valence-electron chi connectivity index (χ3n) is 6.49. The molecule has 1 aliphatic heterocycles. The number of anilines is 2. The lowest BCUT2D eigenvalue weighted by atomic mass is 10.0. The van der Waals surface area contributed by atoms with Gasteiger partial charge in [-0.1, -0.05) is 53.5 Å². The highest BCUT2D eigenvalue weighted by atomic mass is 35.5. The summed E-state index contributed by atoms with van der Waals surface area (Å²) < 4.78 is 40.9. The van der Waals surface area contributed by atoms with E-state index in [0.717, 1.165) is 22.8 Å². The molecule has 2 heterocycles. The van der Waals surface area contributed by atoms with Gasteiger partial charge in [0, 0.05) is 53.5 Å². The van der Waals surface area contributed by atoms with Crippen molar-refractivity contribution >= 4 is 40.6 Å². The number of benzene rings is 3. The van der Waals surface area contributed by atoms with Crippen molar-refractivity contribution in [3.8, 4) is 11.1 Å². The highest BCUT2D eigenvalue weighted by molar-refractivity contribution is 6.31. The lowest BCUT2D eigenvalue weighted by molar-refractivity contribution is -0.138. The highest BCUT2D eigenvalue weighted by Crippen LogP contribution is 2.37. The summed E-state index contributed by atoms with van der Waals surface area (Å²) in [4.78, 5) is 19.0. The van der Waals surface area contributed by atoms with E-state index in [2.05, 4.69) is 15.6 Å². The molecule has 0 unspecified atom stereocenters. The summed E-state index contributed by atoms with van der Waals surface area (Å²) in [5, 5.41) is 6.90. The fourth-order valence-corrected chi connectivity index (χ4v) is 4.89. The number of pyridine rings is 1. The van der Waals surface area contributed by atoms with Gasteiger partial charge in [0.15, 0.2) is 0 Å². The largest absolute Gasteiger partial charge is 0.416 e. The van der Waals surface area contributed by atoms with Gasteiger partial charge in [-0.05, 0) is 59.2 Å². The minimum Gasteiger partial charge on any atom is -0.367 e. The number of hydrogen-bond donors (Lipinski definition) is 2. The molecule has 39 heavy (non-hydrogen) atoms. The Morgan fingerprint density at radius 3 is 2.49 bits per heavy atom. The Labute approximate surface area is 233 Å². The summed E-state index contributed by atoms with van der Waals surface area (Å²) in [5.74, 6) is 0.360. The average Bonchev–Trinajstić information content (AvgIpc) is 2.92. The molecule has 0 bridgehead atoms. The maximum atomic E-state index is 13.6. The first kappa shape index (κ1) is 26.8. The van der Waals surface area contributed by atoms with Crippen LogP contribution in [0.2, 0.25) is 10.0 Å². The molecule has 0 saturated carbocycles. The van der Waals surface area contributed by atoms with Crippen molar-refractivity contribution < 1.29 is 18.0 Å². The zero-order valence-electron chi connectivity index (χ0n) is 20.5. The molecule has 0 saturated heterocycles. The Kier molecular flexibility index (Phi) is 7.68. The molecule has 4 aromatic rings. The molecule has 1 aliphatic rings. The van der Waals surface area contributed by atoms with Gasteiger partial charge in [0.1, 0.15) is 5.82 Å². The second-order valence-electron chi connectivity index (χ2n) is 9.09. The van der Waals surface area contributed by atoms with Gasteiger partial charge in [0.2, 0.25) is 0 Å². The van der Waals surface area contributed by atoms with Crippen LogP contribution in [-0.2, 0) is 19.3 Å². The summed E-state index contributed by atoms with van der Waals surface area (Å²) in [7, 11) is 0. The Hall–Kier alpha value is -3.75. The molecule has 0 fully saturated rings. The lowest BCUT2D eigenvalue weighted by Gasteiger charge is -2.32. The van der Waals surface area contributed by atoms with Crippen molar-refractivity contribution in [2.24, 2.45) is 0 Å². The molecule has 1 aromatic heterocycles. The number of hydrogen-bond acceptors (Lipinski definition) is 4. The fourth-order valence-electron chi connectivity index (χ4n) is 4.49. The number of amides is 1. The predicted molar refractivity (Wildman–Crippen MR) is 148 cm³/mol. The topological polar surface area (TPSA) is 57.3 Å². The van der Waals surface area contributed by atoms with Crippen LogP contribution in [0.4, 0.5) is 24.7 Å². The van der Waals surface area contributed by atoms with E-state index in [0.29, 0.717) is 41.7 Å². The maximum Gasteiger partial charge on any atom is 0.416 e. The van der Waals surface area contributed by atoms with Gasteiger partial charge >= 0.3 is 6.18 Å². The van der Waals surface area contributed by atoms with Gasteiger partial charge in [-0.2, -0.15) is 13.2 Å². The van der Waals surface area contributed by atoms with Crippen LogP contribution in [0.1, 0.15) is 27.0 Å². The summed E-state index contributed by atoms with van der Waals surface area (Å²) >= 11 is 12.2. The molecular formula is C29H23Cl2F3N4O. The van der Waals surface area contributed by atoms with Crippen molar-refractivity contribution in [2.75, 3.05) is 23.3 Å². The molecule has 2 N–H and O–H groups in total. The van der Waals surface area contributed by atoms with E-state index in [-0.39, 0.29) is 23.0 Å². The quantitative estimate of drug-likeness (QED) is 0.253. The maximum absolute atomic E-state index is 13.6. The number of fused-ring (bicyclic) bond motifs is 1. The predicted octanol–water partition coefficient (Wildman–Crippen LogP) is 7.44. The number of nitrogens with zero attached hydrogens (tertiary/aromatic N) is 2. The second-order valence-corrected chi connectivity index (χ2v) is 9.93. The molecule has 5 nitrogen and oxygen atoms in total. The number of nitrogens with one attached hydrogen (secondary N) is 2. The first-order chi connectivity index (χ1) is 18.7. The number of halogens is 5. The second kappa shape index (κ2) is 11.2. The zero-order valence-corrected chi connectivity index (χ0v) is 22.0. The van der Waals surface area contributed by atoms with Gasteiger partial charge in [-0.25, -0.2) is 4.98 Å². The SMILES string of the molecule is O=C(NCc1ccccc1Cl)c1ccc(-c2cnc3c(c2)N(Cc2cc(Cl)ccc2C(F)(F)F)CCN3)cc1. The van der Waals surface area contributed by atoms with E-state index < -0.39 is 11.7 Å². The molecule has 0 atom stereocenters. The molecular weight excluding hydrogens is 548 g/mol. The summed E-state index contributed by atoms with van der Waals surface area (Å²) in [6, 6.07) is 19.9. The van der Waals surface area contributed by atoms with E-state index >= 15 is 0 Å². The highest BCUT2D eigenvalue weighted by Gasteiger charge is 2.34.